The summed E-state index contributed by atoms with van der Waals surface area (Å²) < 4.78 is 1.56. The highest BCUT2D eigenvalue weighted by Crippen LogP contribution is 2.17. The average molecular weight is 339 g/mol. The van der Waals surface area contributed by atoms with Crippen LogP contribution in [0.3, 0.4) is 0 Å². The third-order valence-corrected chi connectivity index (χ3v) is 3.64. The molecule has 124 valence electrons. The van der Waals surface area contributed by atoms with Gasteiger partial charge in [0.05, 0.1) is 24.7 Å². The SMILES string of the molecule is CC1(C)NC(=O)N(CC(O)Cn2nnc3ccccc32)C1=O.[Cl-]. The Bertz CT molecular complexity index is 745. The zero-order valence-corrected chi connectivity index (χ0v) is 13.5. The lowest BCUT2D eigenvalue weighted by atomic mass is 10.1. The summed E-state index contributed by atoms with van der Waals surface area (Å²) in [6, 6.07) is 6.89. The Hall–Kier alpha value is -2.19. The fraction of sp³-hybridized carbons (Fsp3) is 0.429. The topological polar surface area (TPSA) is 100 Å². The summed E-state index contributed by atoms with van der Waals surface area (Å²) in [5.41, 5.74) is 0.585. The van der Waals surface area contributed by atoms with E-state index in [0.717, 1.165) is 15.9 Å². The molecule has 9 heteroatoms. The average Bonchev–Trinajstić information content (AvgIpc) is 2.94. The number of amides is 3. The number of nitrogens with zero attached hydrogens (tertiary/aromatic N) is 4. The van der Waals surface area contributed by atoms with E-state index in [2.05, 4.69) is 15.6 Å². The van der Waals surface area contributed by atoms with Crippen molar-refractivity contribution in [2.45, 2.75) is 32.0 Å². The van der Waals surface area contributed by atoms with Crippen LogP contribution >= 0.6 is 0 Å². The molecule has 1 fully saturated rings. The third-order valence-electron chi connectivity index (χ3n) is 3.64. The number of carbonyl (C=O) groups is 2. The number of imide groups is 1. The summed E-state index contributed by atoms with van der Waals surface area (Å²) in [7, 11) is 0. The minimum absolute atomic E-state index is 0. The van der Waals surface area contributed by atoms with Crippen LogP contribution in [0.5, 0.6) is 0 Å². The number of nitrogens with one attached hydrogen (secondary N) is 1. The lowest BCUT2D eigenvalue weighted by molar-refractivity contribution is -0.131. The molecule has 3 rings (SSSR count). The maximum absolute atomic E-state index is 12.1. The number of para-hydroxylation sites is 1. The Kier molecular flexibility index (Phi) is 4.58. The number of hydrogen-bond acceptors (Lipinski definition) is 5. The fourth-order valence-electron chi connectivity index (χ4n) is 2.50. The van der Waals surface area contributed by atoms with Crippen LogP contribution < -0.4 is 17.7 Å². The van der Waals surface area contributed by atoms with Crippen molar-refractivity contribution < 1.29 is 27.1 Å². The number of urea groups is 1. The number of hydrogen-bond donors (Lipinski definition) is 2. The number of aliphatic hydroxyl groups is 1. The Morgan fingerprint density at radius 3 is 2.61 bits per heavy atom. The number of halogens is 1. The maximum atomic E-state index is 12.1. The van der Waals surface area contributed by atoms with Crippen molar-refractivity contribution in [1.29, 1.82) is 0 Å². The molecule has 1 saturated heterocycles. The first-order valence-electron chi connectivity index (χ1n) is 6.99. The summed E-state index contributed by atoms with van der Waals surface area (Å²) >= 11 is 0. The van der Waals surface area contributed by atoms with Crippen LogP contribution in [0.25, 0.3) is 11.0 Å². The standard InChI is InChI=1S/C14H17N5O3.ClH/c1-14(2)12(21)18(13(22)15-14)7-9(20)8-19-11-6-4-3-5-10(11)16-17-19;/h3-6,9,20H,7-8H2,1-2H3,(H,15,22);1H/p-1. The number of rotatable bonds is 4. The fourth-order valence-corrected chi connectivity index (χ4v) is 2.50. The largest absolute Gasteiger partial charge is 1.00 e. The second kappa shape index (κ2) is 6.13. The maximum Gasteiger partial charge on any atom is 0.325 e. The molecule has 2 aromatic rings. The van der Waals surface area contributed by atoms with Crippen molar-refractivity contribution in [3.63, 3.8) is 0 Å². The molecule has 0 bridgehead atoms. The number of benzene rings is 1. The lowest BCUT2D eigenvalue weighted by Crippen LogP contribution is -3.00. The van der Waals surface area contributed by atoms with Gasteiger partial charge in [-0.15, -0.1) is 5.10 Å². The van der Waals surface area contributed by atoms with Gasteiger partial charge in [-0.3, -0.25) is 9.69 Å². The van der Waals surface area contributed by atoms with Crippen LogP contribution in [-0.4, -0.2) is 55.1 Å². The number of β-amino-alcohol motifs (C(OH)–C–C–N with tert-alkyl or cyclic N) is 1. The predicted molar refractivity (Wildman–Crippen MR) is 77.9 cm³/mol. The molecule has 3 amide bonds. The molecule has 2 heterocycles. The Morgan fingerprint density at radius 2 is 1.96 bits per heavy atom. The molecule has 0 spiro atoms. The Morgan fingerprint density at radius 1 is 1.26 bits per heavy atom. The highest BCUT2D eigenvalue weighted by atomic mass is 35.5. The van der Waals surface area contributed by atoms with E-state index in [0.29, 0.717) is 0 Å². The number of carbonyl (C=O) groups excluding carboxylic acids is 2. The molecule has 0 saturated carbocycles. The van der Waals surface area contributed by atoms with Gasteiger partial charge in [0.2, 0.25) is 0 Å². The minimum atomic E-state index is -0.934. The first-order chi connectivity index (χ1) is 10.4. The summed E-state index contributed by atoms with van der Waals surface area (Å²) in [5.74, 6) is -0.347. The van der Waals surface area contributed by atoms with Gasteiger partial charge >= 0.3 is 6.03 Å². The van der Waals surface area contributed by atoms with Crippen LogP contribution in [-0.2, 0) is 11.3 Å². The summed E-state index contributed by atoms with van der Waals surface area (Å²) in [6.45, 7) is 3.33. The van der Waals surface area contributed by atoms with Gasteiger partial charge in [-0.25, -0.2) is 9.48 Å². The monoisotopic (exact) mass is 338 g/mol. The van der Waals surface area contributed by atoms with Crippen molar-refractivity contribution in [2.75, 3.05) is 6.54 Å². The predicted octanol–water partition coefficient (Wildman–Crippen LogP) is -2.87. The smallest absolute Gasteiger partial charge is 0.325 e. The minimum Gasteiger partial charge on any atom is -1.00 e. The van der Waals surface area contributed by atoms with Gasteiger partial charge in [0.1, 0.15) is 11.1 Å². The van der Waals surface area contributed by atoms with E-state index in [1.54, 1.807) is 18.5 Å². The molecule has 0 radical (unpaired) electrons. The third kappa shape index (κ3) is 3.13. The van der Waals surface area contributed by atoms with Gasteiger partial charge in [0, 0.05) is 0 Å². The zero-order valence-electron chi connectivity index (χ0n) is 12.7. The normalized spacial score (nSPS) is 18.0. The van der Waals surface area contributed by atoms with Crippen LogP contribution in [0.15, 0.2) is 24.3 Å². The van der Waals surface area contributed by atoms with Crippen molar-refractivity contribution in [3.05, 3.63) is 24.3 Å². The molecular formula is C14H17ClN5O3-. The molecule has 2 N–H and O–H groups in total. The second-order valence-electron chi connectivity index (χ2n) is 5.89. The van der Waals surface area contributed by atoms with Crippen molar-refractivity contribution in [3.8, 4) is 0 Å². The molecule has 1 aliphatic heterocycles. The molecule has 1 aliphatic rings. The Labute approximate surface area is 138 Å². The second-order valence-corrected chi connectivity index (χ2v) is 5.89. The molecule has 1 aromatic heterocycles. The highest BCUT2D eigenvalue weighted by Gasteiger charge is 2.44. The summed E-state index contributed by atoms with van der Waals surface area (Å²) in [4.78, 5) is 24.9. The molecule has 8 nitrogen and oxygen atoms in total. The van der Waals surface area contributed by atoms with Gasteiger partial charge < -0.3 is 22.8 Å². The van der Waals surface area contributed by atoms with Crippen molar-refractivity contribution >= 4 is 23.0 Å². The molecule has 1 atom stereocenters. The number of fused-ring (bicyclic) bond motifs is 1. The van der Waals surface area contributed by atoms with Gasteiger partial charge in [-0.1, -0.05) is 17.3 Å². The first-order valence-corrected chi connectivity index (χ1v) is 6.99. The first kappa shape index (κ1) is 17.2. The van der Waals surface area contributed by atoms with E-state index in [4.69, 9.17) is 0 Å². The van der Waals surface area contributed by atoms with Crippen molar-refractivity contribution in [2.24, 2.45) is 0 Å². The Balaban J connectivity index is 0.00000192. The van der Waals surface area contributed by atoms with E-state index in [1.807, 2.05) is 24.3 Å². The van der Waals surface area contributed by atoms with E-state index in [9.17, 15) is 14.7 Å². The number of aliphatic hydroxyl groups excluding tert-OH is 1. The zero-order chi connectivity index (χ0) is 15.9. The van der Waals surface area contributed by atoms with Crippen LogP contribution in [0.2, 0.25) is 0 Å². The lowest BCUT2D eigenvalue weighted by Gasteiger charge is -2.19. The summed E-state index contributed by atoms with van der Waals surface area (Å²) in [5, 5.41) is 20.7. The van der Waals surface area contributed by atoms with E-state index < -0.39 is 17.7 Å². The van der Waals surface area contributed by atoms with E-state index >= 15 is 0 Å². The molecule has 23 heavy (non-hydrogen) atoms. The molecule has 1 unspecified atom stereocenters. The van der Waals surface area contributed by atoms with Crippen LogP contribution in [0.4, 0.5) is 4.79 Å². The quantitative estimate of drug-likeness (QED) is 0.584. The molecule has 0 aliphatic carbocycles. The molecule has 1 aromatic carbocycles. The van der Waals surface area contributed by atoms with Gasteiger partial charge in [-0.05, 0) is 26.0 Å². The summed E-state index contributed by atoms with van der Waals surface area (Å²) in [6.07, 6.45) is -0.922. The van der Waals surface area contributed by atoms with Gasteiger partial charge in [0.25, 0.3) is 5.91 Å². The molecular weight excluding hydrogens is 322 g/mol. The van der Waals surface area contributed by atoms with Gasteiger partial charge in [-0.2, -0.15) is 0 Å². The van der Waals surface area contributed by atoms with Crippen LogP contribution in [0.1, 0.15) is 13.8 Å². The van der Waals surface area contributed by atoms with Crippen LogP contribution in [0, 0.1) is 0 Å². The van der Waals surface area contributed by atoms with Crippen molar-refractivity contribution in [1.82, 2.24) is 25.2 Å². The number of aromatic nitrogens is 3. The highest BCUT2D eigenvalue weighted by molar-refractivity contribution is 6.06. The van der Waals surface area contributed by atoms with Gasteiger partial charge in [0.15, 0.2) is 0 Å². The van der Waals surface area contributed by atoms with E-state index in [-0.39, 0.29) is 31.4 Å². The van der Waals surface area contributed by atoms with E-state index in [1.165, 1.54) is 0 Å².